The molecule has 3 aromatic carbocycles. The van der Waals surface area contributed by atoms with Crippen molar-refractivity contribution in [1.29, 1.82) is 0 Å². The summed E-state index contributed by atoms with van der Waals surface area (Å²) in [5.74, 6) is 0. The van der Waals surface area contributed by atoms with Crippen LogP contribution in [0.25, 0.3) is 21.5 Å². The van der Waals surface area contributed by atoms with Gasteiger partial charge in [0.05, 0.1) is 0 Å². The van der Waals surface area contributed by atoms with Crippen LogP contribution in [0.15, 0.2) is 54.6 Å². The summed E-state index contributed by atoms with van der Waals surface area (Å²) in [6.07, 6.45) is 0. The molecule has 0 saturated carbocycles. The van der Waals surface area contributed by atoms with Crippen LogP contribution < -0.4 is 3.58 Å². The number of rotatable bonds is 0. The first-order chi connectivity index (χ1) is 7.36. The van der Waals surface area contributed by atoms with Gasteiger partial charge in [0.25, 0.3) is 0 Å². The standard InChI is InChI=1S/C14H9.Sn.H/c1-2-6-12-10-14-8-4-3-7-13(14)9-11(12)5-1;;/h1-9H;;. The van der Waals surface area contributed by atoms with Gasteiger partial charge in [0.1, 0.15) is 0 Å². The summed E-state index contributed by atoms with van der Waals surface area (Å²) >= 11 is 1.17. The molecule has 0 aliphatic rings. The van der Waals surface area contributed by atoms with E-state index in [0.29, 0.717) is 0 Å². The Hall–Kier alpha value is -1.02. The molecule has 0 spiro atoms. The first kappa shape index (κ1) is 9.22. The Balaban J connectivity index is 2.60. The summed E-state index contributed by atoms with van der Waals surface area (Å²) in [7, 11) is 0. The molecule has 0 bridgehead atoms. The monoisotopic (exact) mass is 298 g/mol. The molecule has 0 N–H and O–H groups in total. The van der Waals surface area contributed by atoms with Crippen molar-refractivity contribution in [1.82, 2.24) is 0 Å². The third-order valence-electron chi connectivity index (χ3n) is 2.81. The van der Waals surface area contributed by atoms with Crippen LogP contribution in [0.2, 0.25) is 0 Å². The summed E-state index contributed by atoms with van der Waals surface area (Å²) in [5.41, 5.74) is 0. The zero-order valence-electron chi connectivity index (χ0n) is 8.27. The number of benzene rings is 3. The van der Waals surface area contributed by atoms with E-state index in [2.05, 4.69) is 54.6 Å². The van der Waals surface area contributed by atoms with Crippen molar-refractivity contribution in [2.45, 2.75) is 0 Å². The zero-order chi connectivity index (χ0) is 10.3. The maximum absolute atomic E-state index is 2.28. The van der Waals surface area contributed by atoms with E-state index >= 15 is 0 Å². The van der Waals surface area contributed by atoms with E-state index in [0.717, 1.165) is 0 Å². The van der Waals surface area contributed by atoms with Crippen molar-refractivity contribution >= 4 is 47.6 Å². The van der Waals surface area contributed by atoms with E-state index in [-0.39, 0.29) is 0 Å². The topological polar surface area (TPSA) is 0 Å². The van der Waals surface area contributed by atoms with Crippen LogP contribution >= 0.6 is 0 Å². The molecule has 0 saturated heterocycles. The van der Waals surface area contributed by atoms with Crippen LogP contribution in [-0.4, -0.2) is 22.5 Å². The third-order valence-corrected chi connectivity index (χ3v) is 4.59. The quantitative estimate of drug-likeness (QED) is 0.442. The number of fused-ring (bicyclic) bond motifs is 2. The fourth-order valence-electron chi connectivity index (χ4n) is 2.05. The Kier molecular flexibility index (Phi) is 2.17. The molecule has 0 atom stereocenters. The zero-order valence-corrected chi connectivity index (χ0v) is 11.6. The van der Waals surface area contributed by atoms with Crippen LogP contribution in [0.1, 0.15) is 0 Å². The van der Waals surface area contributed by atoms with Gasteiger partial charge in [0.2, 0.25) is 0 Å². The van der Waals surface area contributed by atoms with Crippen LogP contribution in [0.5, 0.6) is 0 Å². The van der Waals surface area contributed by atoms with Gasteiger partial charge in [-0.3, -0.25) is 0 Å². The molecule has 15 heavy (non-hydrogen) atoms. The molecule has 0 unspecified atom stereocenters. The molecule has 3 rings (SSSR count). The predicted molar refractivity (Wildman–Crippen MR) is 68.2 cm³/mol. The Labute approximate surface area is 102 Å². The van der Waals surface area contributed by atoms with E-state index < -0.39 is 0 Å². The Morgan fingerprint density at radius 1 is 0.667 bits per heavy atom. The molecule has 0 heterocycles. The molecule has 0 nitrogen and oxygen atoms in total. The van der Waals surface area contributed by atoms with Crippen molar-refractivity contribution < 1.29 is 0 Å². The predicted octanol–water partition coefficient (Wildman–Crippen LogP) is 2.52. The molecule has 0 fully saturated rings. The van der Waals surface area contributed by atoms with Crippen molar-refractivity contribution in [2.24, 2.45) is 0 Å². The van der Waals surface area contributed by atoms with Gasteiger partial charge in [-0.15, -0.1) is 0 Å². The minimum atomic E-state index is 1.17. The fraction of sp³-hybridized carbons (Fsp3) is 0. The normalized spacial score (nSPS) is 11.0. The molecular formula is C14H10Sn. The fourth-order valence-corrected chi connectivity index (χ4v) is 3.55. The Bertz CT molecular complexity index is 587. The van der Waals surface area contributed by atoms with Gasteiger partial charge in [-0.1, -0.05) is 0 Å². The summed E-state index contributed by atoms with van der Waals surface area (Å²) in [6, 6.07) is 19.6. The first-order valence-corrected chi connectivity index (χ1v) is 6.67. The molecule has 2 radical (unpaired) electrons. The molecule has 0 amide bonds. The summed E-state index contributed by atoms with van der Waals surface area (Å²) in [5, 5.41) is 5.55. The summed E-state index contributed by atoms with van der Waals surface area (Å²) in [4.78, 5) is 0. The van der Waals surface area contributed by atoms with Gasteiger partial charge >= 0.3 is 102 Å². The van der Waals surface area contributed by atoms with Crippen LogP contribution in [-0.2, 0) is 0 Å². The van der Waals surface area contributed by atoms with E-state index in [1.165, 1.54) is 47.6 Å². The van der Waals surface area contributed by atoms with Gasteiger partial charge in [0.15, 0.2) is 0 Å². The Morgan fingerprint density at radius 2 is 1.13 bits per heavy atom. The van der Waals surface area contributed by atoms with Crippen molar-refractivity contribution in [2.75, 3.05) is 0 Å². The summed E-state index contributed by atoms with van der Waals surface area (Å²) < 4.78 is 1.51. The van der Waals surface area contributed by atoms with Gasteiger partial charge in [-0.25, -0.2) is 0 Å². The molecule has 3 aromatic rings. The van der Waals surface area contributed by atoms with E-state index in [9.17, 15) is 0 Å². The van der Waals surface area contributed by atoms with Crippen molar-refractivity contribution in [3.63, 3.8) is 0 Å². The second-order valence-corrected chi connectivity index (χ2v) is 5.38. The average Bonchev–Trinajstić information content (AvgIpc) is 2.30. The minimum absolute atomic E-state index is 1.17. The van der Waals surface area contributed by atoms with Crippen molar-refractivity contribution in [3.8, 4) is 0 Å². The van der Waals surface area contributed by atoms with Crippen LogP contribution in [0.4, 0.5) is 0 Å². The second-order valence-electron chi connectivity index (χ2n) is 3.73. The van der Waals surface area contributed by atoms with E-state index in [4.69, 9.17) is 0 Å². The van der Waals surface area contributed by atoms with Crippen molar-refractivity contribution in [3.05, 3.63) is 54.6 Å². The number of hydrogen-bond acceptors (Lipinski definition) is 0. The van der Waals surface area contributed by atoms with Gasteiger partial charge in [-0.05, 0) is 0 Å². The molecular weight excluding hydrogens is 287 g/mol. The van der Waals surface area contributed by atoms with Gasteiger partial charge < -0.3 is 0 Å². The summed E-state index contributed by atoms with van der Waals surface area (Å²) in [6.45, 7) is 0. The average molecular weight is 297 g/mol. The maximum atomic E-state index is 2.28. The molecule has 70 valence electrons. The van der Waals surface area contributed by atoms with Gasteiger partial charge in [0, 0.05) is 0 Å². The van der Waals surface area contributed by atoms with Crippen LogP contribution in [0.3, 0.4) is 0 Å². The molecule has 0 aliphatic heterocycles. The van der Waals surface area contributed by atoms with Crippen LogP contribution in [0, 0.1) is 0 Å². The third kappa shape index (κ3) is 1.44. The second kappa shape index (κ2) is 3.53. The number of hydrogen-bond donors (Lipinski definition) is 0. The molecule has 0 aromatic heterocycles. The Morgan fingerprint density at radius 3 is 1.67 bits per heavy atom. The molecule has 1 heteroatoms. The SMILES string of the molecule is [SnH][c]1c2ccccc2cc2ccccc12. The van der Waals surface area contributed by atoms with E-state index in [1.54, 1.807) is 0 Å². The first-order valence-electron chi connectivity index (χ1n) is 5.02. The molecule has 0 aliphatic carbocycles. The van der Waals surface area contributed by atoms with Gasteiger partial charge in [-0.2, -0.15) is 0 Å². The van der Waals surface area contributed by atoms with E-state index in [1.807, 2.05) is 0 Å².